The molecule has 3 aromatic carbocycles. The summed E-state index contributed by atoms with van der Waals surface area (Å²) in [6, 6.07) is 24.0. The van der Waals surface area contributed by atoms with Crippen LogP contribution in [0.2, 0.25) is 0 Å². The zero-order valence-electron chi connectivity index (χ0n) is 14.2. The summed E-state index contributed by atoms with van der Waals surface area (Å²) in [4.78, 5) is 5.02. The molecule has 1 aromatic heterocycles. The lowest BCUT2D eigenvalue weighted by atomic mass is 9.94. The lowest BCUT2D eigenvalue weighted by molar-refractivity contribution is 1.05. The van der Waals surface area contributed by atoms with Crippen molar-refractivity contribution < 1.29 is 0 Å². The molecule has 24 heavy (non-hydrogen) atoms. The Balaban J connectivity index is 2.13. The average molecular weight is 311 g/mol. The highest BCUT2D eigenvalue weighted by Crippen LogP contribution is 2.34. The molecule has 118 valence electrons. The zero-order valence-corrected chi connectivity index (χ0v) is 14.2. The Labute approximate surface area is 143 Å². The number of rotatable bonds is 3. The monoisotopic (exact) mass is 311 g/mol. The number of fused-ring (bicyclic) bond motifs is 2. The molecule has 0 aliphatic rings. The number of nitrogens with zero attached hydrogens (tertiary/aromatic N) is 1. The maximum absolute atomic E-state index is 5.02. The molecule has 0 saturated heterocycles. The van der Waals surface area contributed by atoms with Crippen molar-refractivity contribution in [1.29, 1.82) is 0 Å². The molecule has 1 heterocycles. The summed E-state index contributed by atoms with van der Waals surface area (Å²) >= 11 is 0. The largest absolute Gasteiger partial charge is 0.252 e. The van der Waals surface area contributed by atoms with Gasteiger partial charge in [-0.2, -0.15) is 0 Å². The van der Waals surface area contributed by atoms with Crippen LogP contribution in [-0.2, 0) is 12.8 Å². The molecule has 0 atom stereocenters. The SMILES string of the molecule is CCc1cc(-c2nc(CC)cc3ccccc23)c2ccccc2c1. The van der Waals surface area contributed by atoms with Gasteiger partial charge in [0.15, 0.2) is 0 Å². The molecule has 1 heteroatoms. The summed E-state index contributed by atoms with van der Waals surface area (Å²) in [7, 11) is 0. The molecule has 0 aliphatic carbocycles. The molecule has 0 N–H and O–H groups in total. The van der Waals surface area contributed by atoms with Crippen LogP contribution in [-0.4, -0.2) is 4.98 Å². The lowest BCUT2D eigenvalue weighted by Crippen LogP contribution is -1.95. The van der Waals surface area contributed by atoms with Crippen LogP contribution in [0.15, 0.2) is 66.7 Å². The van der Waals surface area contributed by atoms with Crippen molar-refractivity contribution in [3.05, 3.63) is 78.0 Å². The van der Waals surface area contributed by atoms with Crippen molar-refractivity contribution in [2.75, 3.05) is 0 Å². The van der Waals surface area contributed by atoms with Gasteiger partial charge in [-0.1, -0.05) is 68.4 Å². The summed E-state index contributed by atoms with van der Waals surface area (Å²) in [6.07, 6.45) is 1.98. The van der Waals surface area contributed by atoms with Crippen LogP contribution in [0.1, 0.15) is 25.1 Å². The molecule has 1 nitrogen and oxygen atoms in total. The van der Waals surface area contributed by atoms with E-state index in [0.29, 0.717) is 0 Å². The summed E-state index contributed by atoms with van der Waals surface area (Å²) in [5, 5.41) is 5.07. The first-order chi connectivity index (χ1) is 11.8. The van der Waals surface area contributed by atoms with E-state index in [-0.39, 0.29) is 0 Å². The number of pyridine rings is 1. The molecule has 4 aromatic rings. The highest BCUT2D eigenvalue weighted by atomic mass is 14.7. The van der Waals surface area contributed by atoms with E-state index < -0.39 is 0 Å². The Hall–Kier alpha value is -2.67. The van der Waals surface area contributed by atoms with E-state index in [9.17, 15) is 0 Å². The first kappa shape index (κ1) is 14.9. The highest BCUT2D eigenvalue weighted by Gasteiger charge is 2.12. The molecule has 4 rings (SSSR count). The van der Waals surface area contributed by atoms with E-state index in [1.165, 1.54) is 32.7 Å². The second kappa shape index (κ2) is 6.09. The van der Waals surface area contributed by atoms with Gasteiger partial charge >= 0.3 is 0 Å². The minimum absolute atomic E-state index is 0.948. The van der Waals surface area contributed by atoms with Gasteiger partial charge in [-0.25, -0.2) is 0 Å². The first-order valence-corrected chi connectivity index (χ1v) is 8.71. The van der Waals surface area contributed by atoms with Crippen LogP contribution in [0.3, 0.4) is 0 Å². The van der Waals surface area contributed by atoms with Crippen molar-refractivity contribution in [1.82, 2.24) is 4.98 Å². The lowest BCUT2D eigenvalue weighted by Gasteiger charge is -2.13. The van der Waals surface area contributed by atoms with E-state index in [0.717, 1.165) is 24.2 Å². The van der Waals surface area contributed by atoms with Crippen molar-refractivity contribution in [3.8, 4) is 11.3 Å². The highest BCUT2D eigenvalue weighted by molar-refractivity contribution is 6.04. The van der Waals surface area contributed by atoms with E-state index in [4.69, 9.17) is 4.98 Å². The van der Waals surface area contributed by atoms with E-state index >= 15 is 0 Å². The molecule has 0 bridgehead atoms. The summed E-state index contributed by atoms with van der Waals surface area (Å²) in [5.41, 5.74) is 4.86. The fourth-order valence-electron chi connectivity index (χ4n) is 3.41. The fourth-order valence-corrected chi connectivity index (χ4v) is 3.41. The van der Waals surface area contributed by atoms with Crippen LogP contribution < -0.4 is 0 Å². The summed E-state index contributed by atoms with van der Waals surface area (Å²) in [5.74, 6) is 0. The topological polar surface area (TPSA) is 12.9 Å². The van der Waals surface area contributed by atoms with Gasteiger partial charge in [0.05, 0.1) is 5.69 Å². The molecule has 0 unspecified atom stereocenters. The first-order valence-electron chi connectivity index (χ1n) is 8.71. The quantitative estimate of drug-likeness (QED) is 0.440. The van der Waals surface area contributed by atoms with E-state index in [2.05, 4.69) is 80.6 Å². The number of aryl methyl sites for hydroxylation is 2. The Morgan fingerprint density at radius 2 is 1.38 bits per heavy atom. The van der Waals surface area contributed by atoms with E-state index in [1.54, 1.807) is 0 Å². The Morgan fingerprint density at radius 1 is 0.708 bits per heavy atom. The Kier molecular flexibility index (Phi) is 3.78. The van der Waals surface area contributed by atoms with Gasteiger partial charge < -0.3 is 0 Å². The van der Waals surface area contributed by atoms with Crippen molar-refractivity contribution in [2.24, 2.45) is 0 Å². The minimum Gasteiger partial charge on any atom is -0.252 e. The maximum Gasteiger partial charge on any atom is 0.0789 e. The predicted molar refractivity (Wildman–Crippen MR) is 103 cm³/mol. The Morgan fingerprint density at radius 3 is 2.08 bits per heavy atom. The second-order valence-electron chi connectivity index (χ2n) is 6.25. The van der Waals surface area contributed by atoms with Gasteiger partial charge in [0, 0.05) is 16.6 Å². The number of aromatic nitrogens is 1. The van der Waals surface area contributed by atoms with Gasteiger partial charge in [-0.15, -0.1) is 0 Å². The third-order valence-electron chi connectivity index (χ3n) is 4.74. The number of hydrogen-bond donors (Lipinski definition) is 0. The molecule has 0 fully saturated rings. The maximum atomic E-state index is 5.02. The molecule has 0 aliphatic heterocycles. The molecular weight excluding hydrogens is 290 g/mol. The second-order valence-corrected chi connectivity index (χ2v) is 6.25. The molecule has 0 amide bonds. The summed E-state index contributed by atoms with van der Waals surface area (Å²) < 4.78 is 0. The molecular formula is C23H21N. The standard InChI is InChI=1S/C23H21N/c1-3-16-13-17-9-5-7-11-20(17)22(14-16)23-21-12-8-6-10-18(21)15-19(4-2)24-23/h5-15H,3-4H2,1-2H3. The smallest absolute Gasteiger partial charge is 0.0789 e. The van der Waals surface area contributed by atoms with Gasteiger partial charge in [0.1, 0.15) is 0 Å². The van der Waals surface area contributed by atoms with Gasteiger partial charge in [0.25, 0.3) is 0 Å². The van der Waals surface area contributed by atoms with Crippen LogP contribution in [0.5, 0.6) is 0 Å². The normalized spacial score (nSPS) is 11.2. The minimum atomic E-state index is 0.948. The van der Waals surface area contributed by atoms with Crippen molar-refractivity contribution >= 4 is 21.5 Å². The fraction of sp³-hybridized carbons (Fsp3) is 0.174. The zero-order chi connectivity index (χ0) is 16.5. The predicted octanol–water partition coefficient (Wildman–Crippen LogP) is 6.18. The molecule has 0 radical (unpaired) electrons. The number of hydrogen-bond acceptors (Lipinski definition) is 1. The van der Waals surface area contributed by atoms with E-state index in [1.807, 2.05) is 0 Å². The van der Waals surface area contributed by atoms with Crippen LogP contribution in [0.4, 0.5) is 0 Å². The van der Waals surface area contributed by atoms with Crippen LogP contribution >= 0.6 is 0 Å². The number of benzene rings is 3. The molecule has 0 spiro atoms. The van der Waals surface area contributed by atoms with Crippen molar-refractivity contribution in [2.45, 2.75) is 26.7 Å². The van der Waals surface area contributed by atoms with Gasteiger partial charge in [-0.3, -0.25) is 4.98 Å². The van der Waals surface area contributed by atoms with Gasteiger partial charge in [0.2, 0.25) is 0 Å². The van der Waals surface area contributed by atoms with Gasteiger partial charge in [-0.05, 0) is 46.7 Å². The average Bonchev–Trinajstić information content (AvgIpc) is 2.66. The van der Waals surface area contributed by atoms with Crippen molar-refractivity contribution in [3.63, 3.8) is 0 Å². The Bertz CT molecular complexity index is 945. The third kappa shape index (κ3) is 2.46. The van der Waals surface area contributed by atoms with Crippen LogP contribution in [0, 0.1) is 0 Å². The molecule has 0 saturated carbocycles. The third-order valence-corrected chi connectivity index (χ3v) is 4.74. The van der Waals surface area contributed by atoms with Crippen LogP contribution in [0.25, 0.3) is 32.8 Å². The summed E-state index contributed by atoms with van der Waals surface area (Å²) in [6.45, 7) is 4.38.